The third kappa shape index (κ3) is 7.10. The molecule has 1 saturated carbocycles. The fraction of sp³-hybridized carbons (Fsp3) is 0.545. The number of aromatic nitrogens is 2. The first-order chi connectivity index (χ1) is 14.4. The average molecular weight is 484 g/mol. The minimum atomic E-state index is -0.261. The molecule has 1 heterocycles. The van der Waals surface area contributed by atoms with Gasteiger partial charge in [0.05, 0.1) is 5.52 Å². The van der Waals surface area contributed by atoms with Gasteiger partial charge in [-0.1, -0.05) is 44.7 Å². The Bertz CT molecular complexity index is 925. The number of anilines is 1. The number of fused-ring (bicyclic) bond motifs is 1. The summed E-state index contributed by atoms with van der Waals surface area (Å²) in [6, 6.07) is 6.07. The summed E-state index contributed by atoms with van der Waals surface area (Å²) >= 11 is 0. The molecule has 10 heteroatoms. The number of amides is 1. The van der Waals surface area contributed by atoms with Crippen molar-refractivity contribution in [2.45, 2.75) is 65.0 Å². The number of aryl methyl sites for hydroxylation is 1. The highest BCUT2D eigenvalue weighted by molar-refractivity contribution is 5.96. The Hall–Kier alpha value is -2.32. The largest absolute Gasteiger partial charge is 0.370 e. The standard InChI is InChI=1S/C22H33N7O.2ClH/c1-4-13(2)12-25-21(30)20-26-16-10-9-14(3)11-15(16)19(29-20)27-17-7-5-6-8-18(17)28-22(23)24;;/h9-11,13,17-18H,4-8,12H2,1-3H3,(H,25,30)(H4,23,24,28)(H,26,27,29);2*1H/t13-,17-,18+;;/m0../s1. The summed E-state index contributed by atoms with van der Waals surface area (Å²) in [4.78, 5) is 21.8. The Morgan fingerprint density at radius 2 is 1.91 bits per heavy atom. The van der Waals surface area contributed by atoms with Crippen LogP contribution in [0.3, 0.4) is 0 Å². The normalized spacial score (nSPS) is 18.6. The van der Waals surface area contributed by atoms with Crippen molar-refractivity contribution in [3.63, 3.8) is 0 Å². The van der Waals surface area contributed by atoms with Gasteiger partial charge in [0.1, 0.15) is 5.82 Å². The molecule has 0 unspecified atom stereocenters. The van der Waals surface area contributed by atoms with Gasteiger partial charge in [-0.25, -0.2) is 9.97 Å². The summed E-state index contributed by atoms with van der Waals surface area (Å²) in [7, 11) is 0. The van der Waals surface area contributed by atoms with Gasteiger partial charge in [0, 0.05) is 24.0 Å². The first-order valence-corrected chi connectivity index (χ1v) is 10.8. The van der Waals surface area contributed by atoms with Gasteiger partial charge in [0.25, 0.3) is 5.91 Å². The number of carbonyl (C=O) groups is 1. The molecule has 0 radical (unpaired) electrons. The quantitative estimate of drug-likeness (QED) is 0.301. The van der Waals surface area contributed by atoms with Gasteiger partial charge in [0.15, 0.2) is 5.96 Å². The van der Waals surface area contributed by atoms with Crippen molar-refractivity contribution in [2.75, 3.05) is 11.9 Å². The number of nitrogens with two attached hydrogens (primary N) is 1. The molecule has 2 aromatic rings. The lowest BCUT2D eigenvalue weighted by Crippen LogP contribution is -2.50. The molecule has 3 rings (SSSR count). The van der Waals surface area contributed by atoms with E-state index in [0.717, 1.165) is 48.6 Å². The predicted molar refractivity (Wildman–Crippen MR) is 135 cm³/mol. The molecule has 0 aliphatic heterocycles. The van der Waals surface area contributed by atoms with Crippen LogP contribution in [0.4, 0.5) is 5.82 Å². The van der Waals surface area contributed by atoms with E-state index in [2.05, 4.69) is 39.8 Å². The Labute approximate surface area is 202 Å². The van der Waals surface area contributed by atoms with Crippen molar-refractivity contribution in [2.24, 2.45) is 11.7 Å². The third-order valence-electron chi connectivity index (χ3n) is 5.79. The van der Waals surface area contributed by atoms with Crippen molar-refractivity contribution in [1.82, 2.24) is 20.6 Å². The van der Waals surface area contributed by atoms with Crippen LogP contribution in [0.15, 0.2) is 18.2 Å². The van der Waals surface area contributed by atoms with Crippen LogP contribution >= 0.6 is 24.8 Å². The second-order valence-electron chi connectivity index (χ2n) is 8.34. The summed E-state index contributed by atoms with van der Waals surface area (Å²) in [5.41, 5.74) is 7.43. The number of benzene rings is 1. The topological polar surface area (TPSA) is 129 Å². The van der Waals surface area contributed by atoms with E-state index in [4.69, 9.17) is 11.1 Å². The molecule has 6 N–H and O–H groups in total. The molecule has 1 aromatic heterocycles. The molecule has 1 fully saturated rings. The van der Waals surface area contributed by atoms with E-state index in [1.165, 1.54) is 0 Å². The molecule has 178 valence electrons. The number of rotatable bonds is 7. The Morgan fingerprint density at radius 3 is 2.56 bits per heavy atom. The van der Waals surface area contributed by atoms with Crippen molar-refractivity contribution < 1.29 is 4.79 Å². The maximum absolute atomic E-state index is 12.7. The highest BCUT2D eigenvalue weighted by Gasteiger charge is 2.27. The molecule has 1 aromatic carbocycles. The molecular formula is C22H35Cl2N7O. The van der Waals surface area contributed by atoms with Crippen LogP contribution in [0.5, 0.6) is 0 Å². The van der Waals surface area contributed by atoms with Crippen LogP contribution < -0.4 is 21.7 Å². The molecular weight excluding hydrogens is 449 g/mol. The summed E-state index contributed by atoms with van der Waals surface area (Å²) in [6.07, 6.45) is 5.06. The summed E-state index contributed by atoms with van der Waals surface area (Å²) in [6.45, 7) is 6.82. The van der Waals surface area contributed by atoms with E-state index >= 15 is 0 Å². The first-order valence-electron chi connectivity index (χ1n) is 10.8. The minimum absolute atomic E-state index is 0. The van der Waals surface area contributed by atoms with Gasteiger partial charge in [0.2, 0.25) is 5.82 Å². The highest BCUT2D eigenvalue weighted by atomic mass is 35.5. The molecule has 1 aliphatic carbocycles. The van der Waals surface area contributed by atoms with Crippen LogP contribution in [0.25, 0.3) is 10.9 Å². The van der Waals surface area contributed by atoms with Crippen LogP contribution in [0.2, 0.25) is 0 Å². The number of carbonyl (C=O) groups excluding carboxylic acids is 1. The monoisotopic (exact) mass is 483 g/mol. The van der Waals surface area contributed by atoms with E-state index in [9.17, 15) is 4.79 Å². The van der Waals surface area contributed by atoms with Crippen molar-refractivity contribution >= 4 is 53.4 Å². The lowest BCUT2D eigenvalue weighted by molar-refractivity contribution is 0.0938. The summed E-state index contributed by atoms with van der Waals surface area (Å²) < 4.78 is 0. The van der Waals surface area contributed by atoms with Crippen molar-refractivity contribution in [3.8, 4) is 0 Å². The number of hydrogen-bond acceptors (Lipinski definition) is 5. The smallest absolute Gasteiger partial charge is 0.289 e. The molecule has 0 saturated heterocycles. The molecule has 1 aliphatic rings. The Balaban J connectivity index is 0.00000256. The summed E-state index contributed by atoms with van der Waals surface area (Å²) in [5, 5.41) is 18.0. The van der Waals surface area contributed by atoms with E-state index in [0.29, 0.717) is 18.3 Å². The molecule has 0 bridgehead atoms. The predicted octanol–water partition coefficient (Wildman–Crippen LogP) is 3.76. The minimum Gasteiger partial charge on any atom is -0.370 e. The number of nitrogens with one attached hydrogen (secondary N) is 4. The molecule has 3 atom stereocenters. The van der Waals surface area contributed by atoms with Gasteiger partial charge >= 0.3 is 0 Å². The maximum Gasteiger partial charge on any atom is 0.289 e. The van der Waals surface area contributed by atoms with Gasteiger partial charge in [-0.05, 0) is 37.8 Å². The van der Waals surface area contributed by atoms with Crippen LogP contribution in [0, 0.1) is 18.3 Å². The van der Waals surface area contributed by atoms with Crippen LogP contribution in [-0.2, 0) is 0 Å². The van der Waals surface area contributed by atoms with Gasteiger partial charge in [-0.3, -0.25) is 10.2 Å². The fourth-order valence-electron chi connectivity index (χ4n) is 3.80. The first kappa shape index (κ1) is 27.7. The lowest BCUT2D eigenvalue weighted by Gasteiger charge is -2.33. The lowest BCUT2D eigenvalue weighted by atomic mass is 9.90. The number of guanidine groups is 1. The Kier molecular flexibility index (Phi) is 11.0. The van der Waals surface area contributed by atoms with Gasteiger partial charge in [-0.15, -0.1) is 24.8 Å². The zero-order valence-electron chi connectivity index (χ0n) is 18.9. The molecule has 8 nitrogen and oxygen atoms in total. The summed E-state index contributed by atoms with van der Waals surface area (Å²) in [5.74, 6) is 0.934. The second-order valence-corrected chi connectivity index (χ2v) is 8.34. The molecule has 1 amide bonds. The Morgan fingerprint density at radius 1 is 1.22 bits per heavy atom. The van der Waals surface area contributed by atoms with E-state index < -0.39 is 0 Å². The molecule has 0 spiro atoms. The average Bonchev–Trinajstić information content (AvgIpc) is 2.72. The second kappa shape index (κ2) is 12.6. The third-order valence-corrected chi connectivity index (χ3v) is 5.79. The van der Waals surface area contributed by atoms with E-state index in [-0.39, 0.29) is 54.6 Å². The zero-order chi connectivity index (χ0) is 21.7. The van der Waals surface area contributed by atoms with Crippen LogP contribution in [-0.4, -0.2) is 40.5 Å². The number of nitrogens with zero attached hydrogens (tertiary/aromatic N) is 2. The maximum atomic E-state index is 12.7. The van der Waals surface area contributed by atoms with Crippen LogP contribution in [0.1, 0.15) is 62.1 Å². The zero-order valence-corrected chi connectivity index (χ0v) is 20.5. The van der Waals surface area contributed by atoms with E-state index in [1.54, 1.807) is 0 Å². The van der Waals surface area contributed by atoms with Gasteiger partial charge < -0.3 is 21.7 Å². The number of hydrogen-bond donors (Lipinski definition) is 5. The SMILES string of the molecule is CC[C@H](C)CNC(=O)c1nc(N[C@H]2CCCC[C@H]2NC(=N)N)c2cc(C)ccc2n1.Cl.Cl. The van der Waals surface area contributed by atoms with Crippen molar-refractivity contribution in [3.05, 3.63) is 29.6 Å². The van der Waals surface area contributed by atoms with Crippen molar-refractivity contribution in [1.29, 1.82) is 5.41 Å². The molecule has 32 heavy (non-hydrogen) atoms. The number of halogens is 2. The van der Waals surface area contributed by atoms with E-state index in [1.807, 2.05) is 25.1 Å². The fourth-order valence-corrected chi connectivity index (χ4v) is 3.80. The highest BCUT2D eigenvalue weighted by Crippen LogP contribution is 2.27. The van der Waals surface area contributed by atoms with Gasteiger partial charge in [-0.2, -0.15) is 0 Å².